The molecule has 1 N–H and O–H groups in total. The van der Waals surface area contributed by atoms with E-state index in [0.717, 1.165) is 18.9 Å². The highest BCUT2D eigenvalue weighted by molar-refractivity contribution is 5.22. The summed E-state index contributed by atoms with van der Waals surface area (Å²) in [6.07, 6.45) is 3.79. The van der Waals surface area contributed by atoms with Crippen LogP contribution in [0.4, 0.5) is 0 Å². The van der Waals surface area contributed by atoms with E-state index >= 15 is 0 Å². The maximum Gasteiger partial charge on any atom is 0.0208 e. The summed E-state index contributed by atoms with van der Waals surface area (Å²) in [6, 6.07) is 9.63. The maximum absolute atomic E-state index is 3.70. The minimum absolute atomic E-state index is 0.625. The number of hydrogen-bond donors (Lipinski definition) is 1. The Bertz CT molecular complexity index is 363. The van der Waals surface area contributed by atoms with Gasteiger partial charge in [-0.2, -0.15) is 0 Å². The molecule has 0 spiro atoms. The predicted octanol–water partition coefficient (Wildman–Crippen LogP) is 3.07. The topological polar surface area (TPSA) is 15.3 Å². The van der Waals surface area contributed by atoms with E-state index in [0.29, 0.717) is 6.04 Å². The molecule has 106 valence electrons. The van der Waals surface area contributed by atoms with E-state index in [1.807, 2.05) is 0 Å². The molecule has 19 heavy (non-hydrogen) atoms. The molecule has 2 rings (SSSR count). The minimum Gasteiger partial charge on any atom is -0.310 e. The molecule has 1 aliphatic rings. The lowest BCUT2D eigenvalue weighted by Crippen LogP contribution is -2.40. The quantitative estimate of drug-likeness (QED) is 0.875. The molecule has 0 saturated carbocycles. The van der Waals surface area contributed by atoms with Gasteiger partial charge in [-0.25, -0.2) is 0 Å². The number of piperidine rings is 1. The van der Waals surface area contributed by atoms with Gasteiger partial charge in [0, 0.05) is 12.6 Å². The first-order chi connectivity index (χ1) is 9.19. The second kappa shape index (κ2) is 7.06. The Balaban J connectivity index is 1.77. The van der Waals surface area contributed by atoms with Gasteiger partial charge >= 0.3 is 0 Å². The van der Waals surface area contributed by atoms with Crippen LogP contribution in [0.25, 0.3) is 0 Å². The van der Waals surface area contributed by atoms with Crippen LogP contribution in [0, 0.1) is 5.92 Å². The highest BCUT2D eigenvalue weighted by Gasteiger charge is 2.21. The van der Waals surface area contributed by atoms with Gasteiger partial charge in [0.25, 0.3) is 0 Å². The first kappa shape index (κ1) is 14.5. The fourth-order valence-corrected chi connectivity index (χ4v) is 2.87. The number of benzene rings is 1. The minimum atomic E-state index is 0.625. The van der Waals surface area contributed by atoms with Crippen molar-refractivity contribution in [2.45, 2.75) is 45.7 Å². The van der Waals surface area contributed by atoms with Crippen LogP contribution >= 0.6 is 0 Å². The van der Waals surface area contributed by atoms with Gasteiger partial charge in [-0.05, 0) is 63.4 Å². The first-order valence-corrected chi connectivity index (χ1v) is 7.68. The van der Waals surface area contributed by atoms with Gasteiger partial charge in [0.2, 0.25) is 0 Å². The third kappa shape index (κ3) is 4.32. The van der Waals surface area contributed by atoms with Crippen LogP contribution in [0.2, 0.25) is 0 Å². The van der Waals surface area contributed by atoms with Crippen molar-refractivity contribution in [3.63, 3.8) is 0 Å². The molecule has 1 saturated heterocycles. The summed E-state index contributed by atoms with van der Waals surface area (Å²) in [6.45, 7) is 8.05. The van der Waals surface area contributed by atoms with Crippen LogP contribution in [0.15, 0.2) is 24.3 Å². The molecule has 1 aromatic rings. The summed E-state index contributed by atoms with van der Waals surface area (Å²) in [4.78, 5) is 2.44. The summed E-state index contributed by atoms with van der Waals surface area (Å²) in [5.41, 5.74) is 2.82. The van der Waals surface area contributed by atoms with Crippen LogP contribution in [0.5, 0.6) is 0 Å². The number of aryl methyl sites for hydroxylation is 1. The largest absolute Gasteiger partial charge is 0.310 e. The Morgan fingerprint density at radius 1 is 1.16 bits per heavy atom. The number of nitrogens with zero attached hydrogens (tertiary/aromatic N) is 1. The zero-order chi connectivity index (χ0) is 13.7. The van der Waals surface area contributed by atoms with Crippen LogP contribution in [-0.4, -0.2) is 31.1 Å². The van der Waals surface area contributed by atoms with Crippen LogP contribution < -0.4 is 5.32 Å². The van der Waals surface area contributed by atoms with Crippen LogP contribution in [-0.2, 0) is 13.0 Å². The van der Waals surface area contributed by atoms with E-state index in [1.54, 1.807) is 0 Å². The fourth-order valence-electron chi connectivity index (χ4n) is 2.87. The maximum atomic E-state index is 3.70. The van der Waals surface area contributed by atoms with Crippen molar-refractivity contribution < 1.29 is 0 Å². The van der Waals surface area contributed by atoms with E-state index in [4.69, 9.17) is 0 Å². The Kier molecular flexibility index (Phi) is 5.41. The van der Waals surface area contributed by atoms with Crippen molar-refractivity contribution >= 4 is 0 Å². The Hall–Kier alpha value is -0.860. The second-order valence-electron chi connectivity index (χ2n) is 5.98. The highest BCUT2D eigenvalue weighted by atomic mass is 15.1. The molecule has 1 heterocycles. The highest BCUT2D eigenvalue weighted by Crippen LogP contribution is 2.19. The Morgan fingerprint density at radius 3 is 2.32 bits per heavy atom. The molecule has 0 radical (unpaired) electrons. The molecule has 0 aliphatic carbocycles. The smallest absolute Gasteiger partial charge is 0.0208 e. The average Bonchev–Trinajstić information content (AvgIpc) is 2.46. The van der Waals surface area contributed by atoms with E-state index in [-0.39, 0.29) is 0 Å². The molecule has 2 heteroatoms. The number of hydrogen-bond acceptors (Lipinski definition) is 2. The van der Waals surface area contributed by atoms with Gasteiger partial charge in [0.05, 0.1) is 0 Å². The van der Waals surface area contributed by atoms with Crippen molar-refractivity contribution in [2.75, 3.05) is 20.1 Å². The van der Waals surface area contributed by atoms with Crippen molar-refractivity contribution in [2.24, 2.45) is 5.92 Å². The van der Waals surface area contributed by atoms with Crippen molar-refractivity contribution in [1.29, 1.82) is 0 Å². The van der Waals surface area contributed by atoms with E-state index in [2.05, 4.69) is 55.4 Å². The van der Waals surface area contributed by atoms with Gasteiger partial charge in [0.15, 0.2) is 0 Å². The van der Waals surface area contributed by atoms with Gasteiger partial charge in [0.1, 0.15) is 0 Å². The van der Waals surface area contributed by atoms with E-state index < -0.39 is 0 Å². The molecule has 0 bridgehead atoms. The molecule has 1 unspecified atom stereocenters. The summed E-state index contributed by atoms with van der Waals surface area (Å²) < 4.78 is 0. The Morgan fingerprint density at radius 2 is 1.74 bits per heavy atom. The molecule has 1 aliphatic heterocycles. The van der Waals surface area contributed by atoms with Crippen molar-refractivity contribution in [1.82, 2.24) is 10.2 Å². The van der Waals surface area contributed by atoms with E-state index in [9.17, 15) is 0 Å². The third-order valence-corrected chi connectivity index (χ3v) is 4.53. The normalized spacial score (nSPS) is 19.5. The lowest BCUT2D eigenvalue weighted by Gasteiger charge is -2.33. The van der Waals surface area contributed by atoms with Crippen molar-refractivity contribution in [3.8, 4) is 0 Å². The number of rotatable bonds is 5. The molecule has 1 fully saturated rings. The van der Waals surface area contributed by atoms with Gasteiger partial charge in [-0.1, -0.05) is 31.2 Å². The average molecular weight is 260 g/mol. The zero-order valence-corrected chi connectivity index (χ0v) is 12.7. The summed E-state index contributed by atoms with van der Waals surface area (Å²) in [5, 5.41) is 3.70. The third-order valence-electron chi connectivity index (χ3n) is 4.53. The molecule has 2 nitrogen and oxygen atoms in total. The number of likely N-dealkylation sites (tertiary alicyclic amines) is 1. The fraction of sp³-hybridized carbons (Fsp3) is 0.647. The molecular formula is C17H28N2. The van der Waals surface area contributed by atoms with Gasteiger partial charge < -0.3 is 10.2 Å². The molecule has 0 amide bonds. The van der Waals surface area contributed by atoms with Crippen LogP contribution in [0.3, 0.4) is 0 Å². The standard InChI is InChI=1S/C17H28N2/c1-4-15-5-7-16(8-6-15)13-18-14(2)17-9-11-19(3)12-10-17/h5-8,14,17-18H,4,9-13H2,1-3H3. The van der Waals surface area contributed by atoms with E-state index in [1.165, 1.54) is 37.1 Å². The SMILES string of the molecule is CCc1ccc(CNC(C)C2CCN(C)CC2)cc1. The second-order valence-corrected chi connectivity index (χ2v) is 5.98. The zero-order valence-electron chi connectivity index (χ0n) is 12.7. The summed E-state index contributed by atoms with van der Waals surface area (Å²) in [5.74, 6) is 0.839. The Labute approximate surface area is 118 Å². The lowest BCUT2D eigenvalue weighted by molar-refractivity contribution is 0.189. The van der Waals surface area contributed by atoms with Gasteiger partial charge in [-0.3, -0.25) is 0 Å². The molecule has 1 atom stereocenters. The molecular weight excluding hydrogens is 232 g/mol. The monoisotopic (exact) mass is 260 g/mol. The molecule has 0 aromatic heterocycles. The van der Waals surface area contributed by atoms with Crippen LogP contribution in [0.1, 0.15) is 37.8 Å². The predicted molar refractivity (Wildman–Crippen MR) is 82.3 cm³/mol. The summed E-state index contributed by atoms with van der Waals surface area (Å²) in [7, 11) is 2.23. The first-order valence-electron chi connectivity index (χ1n) is 7.68. The van der Waals surface area contributed by atoms with Gasteiger partial charge in [-0.15, -0.1) is 0 Å². The van der Waals surface area contributed by atoms with Crippen molar-refractivity contribution in [3.05, 3.63) is 35.4 Å². The summed E-state index contributed by atoms with van der Waals surface area (Å²) >= 11 is 0. The lowest BCUT2D eigenvalue weighted by atomic mass is 9.90. The molecule has 1 aromatic carbocycles. The number of nitrogens with one attached hydrogen (secondary N) is 1.